The number of rotatable bonds is 5. The van der Waals surface area contributed by atoms with E-state index in [1.807, 2.05) is 0 Å². The molecule has 1 aromatic rings. The average molecular weight is 362 g/mol. The first-order chi connectivity index (χ1) is 9.96. The van der Waals surface area contributed by atoms with Crippen LogP contribution in [-0.4, -0.2) is 33.3 Å². The van der Waals surface area contributed by atoms with E-state index in [-0.39, 0.29) is 11.4 Å². The number of halogens is 2. The van der Waals surface area contributed by atoms with Crippen molar-refractivity contribution in [3.63, 3.8) is 0 Å². The van der Waals surface area contributed by atoms with Crippen molar-refractivity contribution in [3.05, 3.63) is 34.2 Å². The molecule has 0 heterocycles. The maximum atomic E-state index is 14.1. The van der Waals surface area contributed by atoms with Crippen molar-refractivity contribution in [1.82, 2.24) is 0 Å². The van der Waals surface area contributed by atoms with Gasteiger partial charge in [0.2, 0.25) is 0 Å². The topological polar surface area (TPSA) is 73.9 Å². The van der Waals surface area contributed by atoms with Crippen LogP contribution in [0.4, 0.5) is 10.1 Å². The first-order valence-electron chi connectivity index (χ1n) is 5.61. The van der Waals surface area contributed by atoms with E-state index < -0.39 is 23.3 Å². The monoisotopic (exact) mass is 361 g/mol. The fourth-order valence-corrected chi connectivity index (χ4v) is 1.87. The van der Waals surface area contributed by atoms with E-state index in [9.17, 15) is 14.0 Å². The van der Waals surface area contributed by atoms with Crippen LogP contribution in [0, 0.1) is 5.82 Å². The van der Waals surface area contributed by atoms with Gasteiger partial charge in [0.25, 0.3) is 0 Å². The highest BCUT2D eigenvalue weighted by atomic mass is 79.9. The van der Waals surface area contributed by atoms with Crippen LogP contribution in [0.5, 0.6) is 5.75 Å². The summed E-state index contributed by atoms with van der Waals surface area (Å²) in [5, 5.41) is 2.51. The van der Waals surface area contributed by atoms with Crippen molar-refractivity contribution in [2.75, 3.05) is 26.6 Å². The number of anilines is 1. The molecule has 1 rings (SSSR count). The molecule has 114 valence electrons. The van der Waals surface area contributed by atoms with Gasteiger partial charge in [-0.25, -0.2) is 14.0 Å². The van der Waals surface area contributed by atoms with E-state index in [1.165, 1.54) is 13.2 Å². The van der Waals surface area contributed by atoms with Gasteiger partial charge in [-0.1, -0.05) is 0 Å². The molecule has 0 spiro atoms. The van der Waals surface area contributed by atoms with Gasteiger partial charge >= 0.3 is 11.9 Å². The third-order valence-electron chi connectivity index (χ3n) is 2.44. The zero-order valence-corrected chi connectivity index (χ0v) is 13.1. The number of hydrogen-bond acceptors (Lipinski definition) is 6. The number of carbonyl (C=O) groups excluding carboxylic acids is 2. The van der Waals surface area contributed by atoms with E-state index >= 15 is 0 Å². The van der Waals surface area contributed by atoms with Gasteiger partial charge in [-0.2, -0.15) is 0 Å². The molecule has 0 radical (unpaired) electrons. The normalized spacial score (nSPS) is 9.57. The fraction of sp³-hybridized carbons (Fsp3) is 0.231. The SMILES string of the molecule is COC(=O)C(=CNc1ccc(Br)c(OC)c1F)C(=O)OC. The Morgan fingerprint density at radius 1 is 1.19 bits per heavy atom. The Bertz CT molecular complexity index is 570. The Labute approximate surface area is 129 Å². The molecule has 0 aliphatic rings. The van der Waals surface area contributed by atoms with Crippen molar-refractivity contribution in [3.8, 4) is 5.75 Å². The van der Waals surface area contributed by atoms with Crippen LogP contribution in [0.25, 0.3) is 0 Å². The molecule has 0 saturated carbocycles. The molecule has 0 atom stereocenters. The first kappa shape index (κ1) is 17.0. The van der Waals surface area contributed by atoms with Crippen molar-refractivity contribution < 1.29 is 28.2 Å². The molecule has 1 N–H and O–H groups in total. The molecule has 8 heteroatoms. The third-order valence-corrected chi connectivity index (χ3v) is 3.06. The third kappa shape index (κ3) is 3.94. The fourth-order valence-electron chi connectivity index (χ4n) is 1.40. The molecule has 0 unspecified atom stereocenters. The van der Waals surface area contributed by atoms with Gasteiger partial charge in [0.15, 0.2) is 17.1 Å². The van der Waals surface area contributed by atoms with Gasteiger partial charge in [0, 0.05) is 6.20 Å². The number of hydrogen-bond donors (Lipinski definition) is 1. The summed E-state index contributed by atoms with van der Waals surface area (Å²) in [6.45, 7) is 0. The number of benzene rings is 1. The van der Waals surface area contributed by atoms with Gasteiger partial charge in [-0.05, 0) is 28.1 Å². The second-order valence-electron chi connectivity index (χ2n) is 3.63. The minimum Gasteiger partial charge on any atom is -0.492 e. The summed E-state index contributed by atoms with van der Waals surface area (Å²) in [4.78, 5) is 22.9. The summed E-state index contributed by atoms with van der Waals surface area (Å²) < 4.78 is 28.3. The van der Waals surface area contributed by atoms with Crippen LogP contribution in [0.2, 0.25) is 0 Å². The Kier molecular flexibility index (Phi) is 6.16. The van der Waals surface area contributed by atoms with E-state index in [0.29, 0.717) is 4.47 Å². The van der Waals surface area contributed by atoms with E-state index in [0.717, 1.165) is 20.4 Å². The summed E-state index contributed by atoms with van der Waals surface area (Å²) in [6.07, 6.45) is 1.00. The van der Waals surface area contributed by atoms with Crippen LogP contribution in [0.15, 0.2) is 28.4 Å². The first-order valence-corrected chi connectivity index (χ1v) is 6.40. The van der Waals surface area contributed by atoms with Crippen molar-refractivity contribution in [2.45, 2.75) is 0 Å². The maximum Gasteiger partial charge on any atom is 0.346 e. The summed E-state index contributed by atoms with van der Waals surface area (Å²) >= 11 is 3.13. The van der Waals surface area contributed by atoms with Crippen LogP contribution in [-0.2, 0) is 19.1 Å². The highest BCUT2D eigenvalue weighted by Gasteiger charge is 2.20. The zero-order chi connectivity index (χ0) is 16.0. The second kappa shape index (κ2) is 7.63. The van der Waals surface area contributed by atoms with Crippen molar-refractivity contribution in [2.24, 2.45) is 0 Å². The lowest BCUT2D eigenvalue weighted by atomic mass is 10.2. The number of esters is 2. The number of nitrogens with one attached hydrogen (secondary N) is 1. The van der Waals surface area contributed by atoms with Gasteiger partial charge in [-0.3, -0.25) is 0 Å². The van der Waals surface area contributed by atoms with E-state index in [2.05, 4.69) is 30.7 Å². The van der Waals surface area contributed by atoms with Gasteiger partial charge in [-0.15, -0.1) is 0 Å². The number of ether oxygens (including phenoxy) is 3. The minimum atomic E-state index is -0.904. The highest BCUT2D eigenvalue weighted by Crippen LogP contribution is 2.32. The molecule has 0 bridgehead atoms. The van der Waals surface area contributed by atoms with Gasteiger partial charge in [0.05, 0.1) is 31.5 Å². The summed E-state index contributed by atoms with van der Waals surface area (Å²) in [5.74, 6) is -2.50. The molecule has 0 amide bonds. The van der Waals surface area contributed by atoms with Crippen LogP contribution in [0.3, 0.4) is 0 Å². The Morgan fingerprint density at radius 3 is 2.24 bits per heavy atom. The number of methoxy groups -OCH3 is 3. The molecule has 0 aliphatic carbocycles. The van der Waals surface area contributed by atoms with E-state index in [4.69, 9.17) is 4.74 Å². The lowest BCUT2D eigenvalue weighted by molar-refractivity contribution is -0.144. The standard InChI is InChI=1S/C13H13BrFNO5/c1-19-11-8(14)4-5-9(10(11)15)16-6-7(12(17)20-2)13(18)21-3/h4-6,16H,1-3H3. The lowest BCUT2D eigenvalue weighted by Gasteiger charge is -2.10. The van der Waals surface area contributed by atoms with Crippen LogP contribution in [0.1, 0.15) is 0 Å². The van der Waals surface area contributed by atoms with E-state index in [1.54, 1.807) is 6.07 Å². The maximum absolute atomic E-state index is 14.1. The molecular weight excluding hydrogens is 349 g/mol. The summed E-state index contributed by atoms with van der Waals surface area (Å²) in [7, 11) is 3.54. The predicted octanol–water partition coefficient (Wildman–Crippen LogP) is 2.24. The zero-order valence-electron chi connectivity index (χ0n) is 11.5. The van der Waals surface area contributed by atoms with Crippen molar-refractivity contribution in [1.29, 1.82) is 0 Å². The average Bonchev–Trinajstić information content (AvgIpc) is 2.49. The molecule has 0 aliphatic heterocycles. The summed E-state index contributed by atoms with van der Waals surface area (Å²) in [6, 6.07) is 2.96. The molecule has 21 heavy (non-hydrogen) atoms. The van der Waals surface area contributed by atoms with Gasteiger partial charge in [0.1, 0.15) is 0 Å². The smallest absolute Gasteiger partial charge is 0.346 e. The number of carbonyl (C=O) groups is 2. The largest absolute Gasteiger partial charge is 0.492 e. The quantitative estimate of drug-likeness (QED) is 0.375. The minimum absolute atomic E-state index is 0.00825. The molecular formula is C13H13BrFNO5. The predicted molar refractivity (Wildman–Crippen MR) is 76.4 cm³/mol. The molecule has 0 saturated heterocycles. The Balaban J connectivity index is 3.12. The summed E-state index contributed by atoms with van der Waals surface area (Å²) in [5.41, 5.74) is -0.387. The Hall–Kier alpha value is -2.09. The van der Waals surface area contributed by atoms with Crippen LogP contribution >= 0.6 is 15.9 Å². The van der Waals surface area contributed by atoms with Crippen LogP contribution < -0.4 is 10.1 Å². The molecule has 1 aromatic carbocycles. The molecule has 0 fully saturated rings. The van der Waals surface area contributed by atoms with Gasteiger partial charge < -0.3 is 19.5 Å². The Morgan fingerprint density at radius 2 is 1.76 bits per heavy atom. The second-order valence-corrected chi connectivity index (χ2v) is 4.48. The molecule has 6 nitrogen and oxygen atoms in total. The molecule has 0 aromatic heterocycles. The lowest BCUT2D eigenvalue weighted by Crippen LogP contribution is -2.17. The highest BCUT2D eigenvalue weighted by molar-refractivity contribution is 9.10. The van der Waals surface area contributed by atoms with Crippen molar-refractivity contribution >= 4 is 33.6 Å².